The predicted molar refractivity (Wildman–Crippen MR) is 123 cm³/mol. The van der Waals surface area contributed by atoms with Crippen LogP contribution in [-0.2, 0) is 4.79 Å². The Morgan fingerprint density at radius 3 is 2.55 bits per heavy atom. The van der Waals surface area contributed by atoms with Gasteiger partial charge in [0.25, 0.3) is 5.91 Å². The largest absolute Gasteiger partial charge is 0.339 e. The van der Waals surface area contributed by atoms with Gasteiger partial charge in [-0.25, -0.2) is 4.98 Å². The van der Waals surface area contributed by atoms with Crippen LogP contribution in [0.5, 0.6) is 0 Å². The van der Waals surface area contributed by atoms with Crippen molar-refractivity contribution in [2.24, 2.45) is 0 Å². The van der Waals surface area contributed by atoms with Gasteiger partial charge in [0, 0.05) is 24.3 Å². The number of aromatic nitrogens is 2. The summed E-state index contributed by atoms with van der Waals surface area (Å²) >= 11 is 1.32. The lowest BCUT2D eigenvalue weighted by atomic mass is 10.2. The third-order valence-electron chi connectivity index (χ3n) is 4.28. The van der Waals surface area contributed by atoms with Gasteiger partial charge in [-0.3, -0.25) is 14.6 Å². The molecule has 2 N–H and O–H groups in total. The van der Waals surface area contributed by atoms with E-state index < -0.39 is 5.37 Å². The number of anilines is 1. The number of hydrogen-bond donors (Lipinski definition) is 2. The molecule has 2 aromatic heterocycles. The molecule has 2 heterocycles. The highest BCUT2D eigenvalue weighted by Gasteiger charge is 2.21. The van der Waals surface area contributed by atoms with Gasteiger partial charge in [0.05, 0.1) is 12.1 Å². The number of rotatable bonds is 8. The Bertz CT molecular complexity index is 1040. The maximum absolute atomic E-state index is 13.0. The van der Waals surface area contributed by atoms with Gasteiger partial charge in [0.1, 0.15) is 10.4 Å². The number of nitrogens with one attached hydrogen (secondary N) is 2. The van der Waals surface area contributed by atoms with E-state index in [0.717, 1.165) is 16.8 Å². The summed E-state index contributed by atoms with van der Waals surface area (Å²) in [6, 6.07) is 14.7. The van der Waals surface area contributed by atoms with E-state index in [4.69, 9.17) is 0 Å². The van der Waals surface area contributed by atoms with Crippen LogP contribution in [0.4, 0.5) is 5.69 Å². The summed E-state index contributed by atoms with van der Waals surface area (Å²) in [6.45, 7) is 2.22. The number of likely N-dealkylation sites (N-methyl/N-ethyl adjacent to an activating group) is 1. The zero-order chi connectivity index (χ0) is 22.2. The second-order valence-corrected chi connectivity index (χ2v) is 8.36. The normalized spacial score (nSPS) is 11.7. The van der Waals surface area contributed by atoms with Gasteiger partial charge in [-0.05, 0) is 68.5 Å². The van der Waals surface area contributed by atoms with Crippen molar-refractivity contribution < 1.29 is 9.59 Å². The Morgan fingerprint density at radius 1 is 1.06 bits per heavy atom. The molecule has 0 aliphatic rings. The molecule has 3 rings (SSSR count). The predicted octanol–water partition coefficient (Wildman–Crippen LogP) is 3.51. The van der Waals surface area contributed by atoms with Crippen LogP contribution in [0.25, 0.3) is 0 Å². The molecule has 0 saturated carbocycles. The van der Waals surface area contributed by atoms with Crippen molar-refractivity contribution in [3.05, 3.63) is 83.8 Å². The molecule has 0 spiro atoms. The summed E-state index contributed by atoms with van der Waals surface area (Å²) in [5.41, 5.74) is 3.08. The summed E-state index contributed by atoms with van der Waals surface area (Å²) in [5.74, 6) is -0.379. The van der Waals surface area contributed by atoms with Crippen LogP contribution in [0.1, 0.15) is 26.9 Å². The molecular weight excluding hydrogens is 410 g/mol. The smallest absolute Gasteiger partial charge is 0.258 e. The third-order valence-corrected chi connectivity index (χ3v) is 5.46. The highest BCUT2D eigenvalue weighted by atomic mass is 32.2. The molecule has 2 amide bonds. The van der Waals surface area contributed by atoms with Gasteiger partial charge in [-0.15, -0.1) is 0 Å². The van der Waals surface area contributed by atoms with E-state index in [1.165, 1.54) is 11.8 Å². The molecule has 0 aliphatic carbocycles. The number of hydrogen-bond acceptors (Lipinski definition) is 6. The van der Waals surface area contributed by atoms with E-state index in [9.17, 15) is 9.59 Å². The fourth-order valence-electron chi connectivity index (χ4n) is 2.89. The van der Waals surface area contributed by atoms with E-state index >= 15 is 0 Å². The highest BCUT2D eigenvalue weighted by Crippen LogP contribution is 2.34. The Balaban J connectivity index is 1.84. The van der Waals surface area contributed by atoms with Crippen molar-refractivity contribution in [3.8, 4) is 0 Å². The third kappa shape index (κ3) is 6.63. The molecular formula is C23H25N5O2S. The van der Waals surface area contributed by atoms with Crippen molar-refractivity contribution in [3.63, 3.8) is 0 Å². The summed E-state index contributed by atoms with van der Waals surface area (Å²) < 4.78 is 0. The van der Waals surface area contributed by atoms with Crippen LogP contribution in [-0.4, -0.2) is 47.3 Å². The molecule has 8 heteroatoms. The Morgan fingerprint density at radius 2 is 1.84 bits per heavy atom. The zero-order valence-electron chi connectivity index (χ0n) is 17.7. The van der Waals surface area contributed by atoms with Crippen LogP contribution >= 0.6 is 11.8 Å². The molecule has 31 heavy (non-hydrogen) atoms. The lowest BCUT2D eigenvalue weighted by molar-refractivity contribution is -0.121. The zero-order valence-corrected chi connectivity index (χ0v) is 18.5. The first-order chi connectivity index (χ1) is 14.9. The van der Waals surface area contributed by atoms with Crippen molar-refractivity contribution in [2.75, 3.05) is 26.0 Å². The SMILES string of the molecule is Cc1cccc(NC(=O)c2cccnc2SC(NC(=O)CN(C)C)c2ccncc2)c1. The van der Waals surface area contributed by atoms with Crippen molar-refractivity contribution in [1.82, 2.24) is 20.2 Å². The minimum absolute atomic E-state index is 0.124. The summed E-state index contributed by atoms with van der Waals surface area (Å²) in [4.78, 5) is 35.7. The highest BCUT2D eigenvalue weighted by molar-refractivity contribution is 7.99. The van der Waals surface area contributed by atoms with Gasteiger partial charge in [-0.2, -0.15) is 0 Å². The second kappa shape index (κ2) is 10.7. The van der Waals surface area contributed by atoms with Gasteiger partial charge >= 0.3 is 0 Å². The van der Waals surface area contributed by atoms with Crippen molar-refractivity contribution >= 4 is 29.3 Å². The van der Waals surface area contributed by atoms with E-state index in [-0.39, 0.29) is 18.4 Å². The number of nitrogens with zero attached hydrogens (tertiary/aromatic N) is 3. The van der Waals surface area contributed by atoms with Gasteiger partial charge in [0.15, 0.2) is 0 Å². The molecule has 0 saturated heterocycles. The summed E-state index contributed by atoms with van der Waals surface area (Å²) in [7, 11) is 3.67. The first kappa shape index (κ1) is 22.5. The molecule has 0 bridgehead atoms. The fourth-order valence-corrected chi connectivity index (χ4v) is 4.00. The van der Waals surface area contributed by atoms with Crippen LogP contribution < -0.4 is 10.6 Å². The molecule has 0 fully saturated rings. The number of carbonyl (C=O) groups is 2. The monoisotopic (exact) mass is 435 g/mol. The summed E-state index contributed by atoms with van der Waals surface area (Å²) in [6.07, 6.45) is 4.98. The number of benzene rings is 1. The number of carbonyl (C=O) groups excluding carboxylic acids is 2. The minimum atomic E-state index is -0.420. The first-order valence-corrected chi connectivity index (χ1v) is 10.6. The Hall–Kier alpha value is -3.23. The topological polar surface area (TPSA) is 87.2 Å². The average Bonchev–Trinajstić information content (AvgIpc) is 2.73. The Kier molecular flexibility index (Phi) is 7.75. The number of pyridine rings is 2. The van der Waals surface area contributed by atoms with Gasteiger partial charge in [0.2, 0.25) is 5.91 Å². The standard InChI is InChI=1S/C23H25N5O2S/c1-16-6-4-7-18(14-16)26-21(30)19-8-5-11-25-23(19)31-22(17-9-12-24-13-10-17)27-20(29)15-28(2)3/h4-14,22H,15H2,1-3H3,(H,26,30)(H,27,29). The lowest BCUT2D eigenvalue weighted by Gasteiger charge is -2.20. The van der Waals surface area contributed by atoms with Crippen molar-refractivity contribution in [2.45, 2.75) is 17.3 Å². The lowest BCUT2D eigenvalue weighted by Crippen LogP contribution is -2.35. The molecule has 1 atom stereocenters. The van der Waals surface area contributed by atoms with E-state index in [1.807, 2.05) is 57.4 Å². The molecule has 7 nitrogen and oxygen atoms in total. The minimum Gasteiger partial charge on any atom is -0.339 e. The number of aryl methyl sites for hydroxylation is 1. The number of thioether (sulfide) groups is 1. The van der Waals surface area contributed by atoms with E-state index in [0.29, 0.717) is 10.6 Å². The maximum atomic E-state index is 13.0. The maximum Gasteiger partial charge on any atom is 0.258 e. The molecule has 3 aromatic rings. The van der Waals surface area contributed by atoms with Crippen LogP contribution in [0.3, 0.4) is 0 Å². The average molecular weight is 436 g/mol. The molecule has 0 aliphatic heterocycles. The van der Waals surface area contributed by atoms with E-state index in [1.54, 1.807) is 35.6 Å². The molecule has 0 radical (unpaired) electrons. The second-order valence-electron chi connectivity index (χ2n) is 7.26. The van der Waals surface area contributed by atoms with E-state index in [2.05, 4.69) is 20.6 Å². The van der Waals surface area contributed by atoms with Crippen molar-refractivity contribution in [1.29, 1.82) is 0 Å². The molecule has 1 aromatic carbocycles. The summed E-state index contributed by atoms with van der Waals surface area (Å²) in [5, 5.41) is 6.05. The van der Waals surface area contributed by atoms with Gasteiger partial charge < -0.3 is 15.5 Å². The molecule has 1 unspecified atom stereocenters. The Labute approximate surface area is 186 Å². The number of amides is 2. The van der Waals surface area contributed by atoms with Gasteiger partial charge in [-0.1, -0.05) is 23.9 Å². The molecule has 160 valence electrons. The van der Waals surface area contributed by atoms with Crippen LogP contribution in [0.15, 0.2) is 72.1 Å². The van der Waals surface area contributed by atoms with Crippen LogP contribution in [0.2, 0.25) is 0 Å². The quantitative estimate of drug-likeness (QED) is 0.416. The fraction of sp³-hybridized carbons (Fsp3) is 0.217. The van der Waals surface area contributed by atoms with Crippen LogP contribution in [0, 0.1) is 6.92 Å². The first-order valence-electron chi connectivity index (χ1n) is 9.76.